The molecule has 0 aliphatic carbocycles. The van der Waals surface area contributed by atoms with Crippen LogP contribution in [-0.2, 0) is 21.2 Å². The highest BCUT2D eigenvalue weighted by Crippen LogP contribution is 2.31. The maximum absolute atomic E-state index is 14.7. The maximum atomic E-state index is 14.7. The Balaban J connectivity index is 1.43. The average Bonchev–Trinajstić information content (AvgIpc) is 3.29. The molecule has 35 heavy (non-hydrogen) atoms. The molecule has 1 atom stereocenters. The zero-order valence-corrected chi connectivity index (χ0v) is 21.2. The lowest BCUT2D eigenvalue weighted by molar-refractivity contribution is -0.120. The lowest BCUT2D eigenvalue weighted by Crippen LogP contribution is -2.44. The number of nitrogens with one attached hydrogen (secondary N) is 1. The lowest BCUT2D eigenvalue weighted by Gasteiger charge is -2.37. The molecule has 1 aliphatic heterocycles. The van der Waals surface area contributed by atoms with E-state index in [0.29, 0.717) is 31.1 Å². The van der Waals surface area contributed by atoms with Crippen molar-refractivity contribution in [2.24, 2.45) is 11.1 Å². The smallest absolute Gasteiger partial charge is 0.266 e. The van der Waals surface area contributed by atoms with Crippen LogP contribution in [0.25, 0.3) is 0 Å². The Morgan fingerprint density at radius 3 is 2.71 bits per heavy atom. The zero-order chi connectivity index (χ0) is 25.2. The first-order valence-electron chi connectivity index (χ1n) is 10.7. The highest BCUT2D eigenvalue weighted by atomic mass is 35.5. The molecule has 0 bridgehead atoms. The lowest BCUT2D eigenvalue weighted by atomic mass is 9.90. The Bertz CT molecular complexity index is 1300. The Kier molecular flexibility index (Phi) is 7.62. The summed E-state index contributed by atoms with van der Waals surface area (Å²) < 4.78 is 67.4. The first-order valence-corrected chi connectivity index (χ1v) is 13.5. The Morgan fingerprint density at radius 1 is 1.29 bits per heavy atom. The molecular formula is C23H24ClF2N3O4S2. The van der Waals surface area contributed by atoms with E-state index in [9.17, 15) is 17.2 Å². The van der Waals surface area contributed by atoms with Crippen molar-refractivity contribution >= 4 is 38.8 Å². The fourth-order valence-electron chi connectivity index (χ4n) is 3.58. The van der Waals surface area contributed by atoms with Gasteiger partial charge in [-0.25, -0.2) is 22.2 Å². The van der Waals surface area contributed by atoms with Crippen molar-refractivity contribution in [1.29, 1.82) is 0 Å². The van der Waals surface area contributed by atoms with Gasteiger partial charge in [-0.1, -0.05) is 18.5 Å². The van der Waals surface area contributed by atoms with Gasteiger partial charge in [0.1, 0.15) is 22.3 Å². The van der Waals surface area contributed by atoms with E-state index >= 15 is 0 Å². The number of aryl methyl sites for hydroxylation is 1. The molecule has 7 nitrogen and oxygen atoms in total. The molecule has 0 saturated carbocycles. The van der Waals surface area contributed by atoms with Crippen molar-refractivity contribution in [3.63, 3.8) is 0 Å². The van der Waals surface area contributed by atoms with Crippen LogP contribution in [0.3, 0.4) is 0 Å². The third-order valence-corrected chi connectivity index (χ3v) is 7.95. The van der Waals surface area contributed by atoms with Crippen molar-refractivity contribution in [2.75, 3.05) is 24.5 Å². The van der Waals surface area contributed by atoms with E-state index < -0.39 is 32.6 Å². The second-order valence-corrected chi connectivity index (χ2v) is 11.6. The third-order valence-electron chi connectivity index (χ3n) is 5.64. The number of sulfonamides is 1. The molecule has 1 fully saturated rings. The number of aromatic nitrogens is 1. The topological polar surface area (TPSA) is 104 Å². The third kappa shape index (κ3) is 6.10. The van der Waals surface area contributed by atoms with Crippen LogP contribution in [0.1, 0.15) is 30.5 Å². The van der Waals surface area contributed by atoms with Crippen molar-refractivity contribution in [1.82, 2.24) is 4.98 Å². The van der Waals surface area contributed by atoms with Crippen LogP contribution < -0.4 is 15.2 Å². The van der Waals surface area contributed by atoms with Gasteiger partial charge >= 0.3 is 0 Å². The number of hydrogen-bond acceptors (Lipinski definition) is 7. The summed E-state index contributed by atoms with van der Waals surface area (Å²) >= 11 is 7.45. The first kappa shape index (κ1) is 25.8. The first-order chi connectivity index (χ1) is 16.6. The van der Waals surface area contributed by atoms with Gasteiger partial charge in [0.05, 0.1) is 25.3 Å². The normalized spacial score (nSPS) is 15.9. The molecule has 12 heteroatoms. The van der Waals surface area contributed by atoms with E-state index in [1.165, 1.54) is 28.3 Å². The van der Waals surface area contributed by atoms with Crippen LogP contribution in [0.2, 0.25) is 5.02 Å². The van der Waals surface area contributed by atoms with Crippen LogP contribution in [-0.4, -0.2) is 33.2 Å². The van der Waals surface area contributed by atoms with Gasteiger partial charge in [-0.3, -0.25) is 4.72 Å². The molecular weight excluding hydrogens is 520 g/mol. The van der Waals surface area contributed by atoms with Crippen LogP contribution in [0.5, 0.6) is 5.75 Å². The summed E-state index contributed by atoms with van der Waals surface area (Å²) in [5.41, 5.74) is 8.24. The van der Waals surface area contributed by atoms with E-state index in [4.69, 9.17) is 26.8 Å². The van der Waals surface area contributed by atoms with Gasteiger partial charge in [0.25, 0.3) is 10.0 Å². The molecule has 0 amide bonds. The van der Waals surface area contributed by atoms with E-state index in [0.717, 1.165) is 12.1 Å². The van der Waals surface area contributed by atoms with Crippen molar-refractivity contribution < 1.29 is 26.7 Å². The molecule has 3 N–H and O–H groups in total. The Hall–Kier alpha value is -2.31. The molecule has 4 rings (SSSR count). The number of anilines is 1. The van der Waals surface area contributed by atoms with E-state index in [1.807, 2.05) is 6.92 Å². The van der Waals surface area contributed by atoms with Crippen molar-refractivity contribution in [2.45, 2.75) is 30.7 Å². The molecule has 1 aromatic heterocycles. The quantitative estimate of drug-likeness (QED) is 0.376. The summed E-state index contributed by atoms with van der Waals surface area (Å²) in [7, 11) is -4.21. The minimum atomic E-state index is -4.21. The predicted octanol–water partition coefficient (Wildman–Crippen LogP) is 4.92. The summed E-state index contributed by atoms with van der Waals surface area (Å²) in [6.45, 7) is 3.70. The van der Waals surface area contributed by atoms with Gasteiger partial charge in [-0.2, -0.15) is 0 Å². The standard InChI is InChI=1S/C23H24ClF2N3O4S2/c1-23(10-32-11-23)12-33-15-3-4-18(25)16(7-15)20(27)5-2-14-6-19(26)21(8-17(14)24)35(30,31)29-22-9-34-13-28-22/h3-4,6-9,13,20,29H,2,5,10-12,27H2,1H3/t20-/m1/s1. The Morgan fingerprint density at radius 2 is 2.06 bits per heavy atom. The minimum Gasteiger partial charge on any atom is -0.493 e. The minimum absolute atomic E-state index is 0.0609. The molecule has 3 aromatic rings. The highest BCUT2D eigenvalue weighted by Gasteiger charge is 2.34. The molecule has 2 aromatic carbocycles. The monoisotopic (exact) mass is 543 g/mol. The zero-order valence-electron chi connectivity index (χ0n) is 18.8. The molecule has 1 aliphatic rings. The van der Waals surface area contributed by atoms with Gasteiger partial charge in [-0.05, 0) is 48.7 Å². The predicted molar refractivity (Wildman–Crippen MR) is 130 cm³/mol. The number of ether oxygens (including phenoxy) is 2. The maximum Gasteiger partial charge on any atom is 0.266 e. The van der Waals surface area contributed by atoms with E-state index in [1.54, 1.807) is 12.1 Å². The summed E-state index contributed by atoms with van der Waals surface area (Å²) in [6.07, 6.45) is 0.449. The fourth-order valence-corrected chi connectivity index (χ4v) is 5.54. The highest BCUT2D eigenvalue weighted by molar-refractivity contribution is 7.92. The Labute approximate surface area is 211 Å². The number of nitrogens with zero attached hydrogens (tertiary/aromatic N) is 1. The number of benzene rings is 2. The van der Waals surface area contributed by atoms with Crippen LogP contribution in [0.15, 0.2) is 46.1 Å². The number of halogens is 3. The number of thiazole rings is 1. The van der Waals surface area contributed by atoms with E-state index in [-0.39, 0.29) is 34.7 Å². The fraction of sp³-hybridized carbons (Fsp3) is 0.348. The van der Waals surface area contributed by atoms with Crippen LogP contribution in [0, 0.1) is 17.0 Å². The largest absolute Gasteiger partial charge is 0.493 e. The van der Waals surface area contributed by atoms with Gasteiger partial charge < -0.3 is 15.2 Å². The molecule has 188 valence electrons. The van der Waals surface area contributed by atoms with Gasteiger partial charge in [0.2, 0.25) is 0 Å². The van der Waals surface area contributed by atoms with Gasteiger partial charge in [0, 0.05) is 27.4 Å². The van der Waals surface area contributed by atoms with Crippen LogP contribution in [0.4, 0.5) is 14.6 Å². The summed E-state index contributed by atoms with van der Waals surface area (Å²) in [5, 5.41) is 1.54. The number of nitrogens with two attached hydrogens (primary N) is 1. The van der Waals surface area contributed by atoms with Crippen LogP contribution >= 0.6 is 22.9 Å². The summed E-state index contributed by atoms with van der Waals surface area (Å²) in [5.74, 6) is -0.856. The molecule has 0 unspecified atom stereocenters. The molecule has 0 spiro atoms. The average molecular weight is 544 g/mol. The number of rotatable bonds is 10. The molecule has 2 heterocycles. The summed E-state index contributed by atoms with van der Waals surface area (Å²) in [4.78, 5) is 3.24. The second kappa shape index (κ2) is 10.4. The SMILES string of the molecule is CC1(COc2ccc(F)c([C@H](N)CCc3cc(F)c(S(=O)(=O)Nc4cscn4)cc3Cl)c2)COC1. The van der Waals surface area contributed by atoms with Gasteiger partial charge in [-0.15, -0.1) is 11.3 Å². The molecule has 1 saturated heterocycles. The summed E-state index contributed by atoms with van der Waals surface area (Å²) in [6, 6.07) is 5.79. The van der Waals surface area contributed by atoms with E-state index in [2.05, 4.69) is 9.71 Å². The number of hydrogen-bond donors (Lipinski definition) is 2. The molecule has 0 radical (unpaired) electrons. The van der Waals surface area contributed by atoms with Crippen molar-refractivity contribution in [3.05, 3.63) is 69.0 Å². The second-order valence-electron chi connectivity index (χ2n) is 8.77. The van der Waals surface area contributed by atoms with Crippen molar-refractivity contribution in [3.8, 4) is 5.75 Å². The van der Waals surface area contributed by atoms with Gasteiger partial charge in [0.15, 0.2) is 5.82 Å².